The van der Waals surface area contributed by atoms with E-state index in [1.165, 1.54) is 0 Å². The molecule has 0 aliphatic carbocycles. The molecule has 0 aliphatic rings. The molecule has 5 heteroatoms. The quantitative estimate of drug-likeness (QED) is 0.815. The minimum Gasteiger partial charge on any atom is -0.314 e. The van der Waals surface area contributed by atoms with Crippen LogP contribution < -0.4 is 5.56 Å². The largest absolute Gasteiger partial charge is 0.314 e. The highest BCUT2D eigenvalue weighted by atomic mass is 16.1. The fraction of sp³-hybridized carbons (Fsp3) is 0.286. The fourth-order valence-corrected chi connectivity index (χ4v) is 2.33. The molecule has 96 valence electrons. The normalized spacial score (nSPS) is 10.2. The molecule has 2 aromatic rings. The molecule has 0 fully saturated rings. The summed E-state index contributed by atoms with van der Waals surface area (Å²) >= 11 is 0. The maximum atomic E-state index is 12.1. The first-order valence-corrected chi connectivity index (χ1v) is 6.01. The van der Waals surface area contributed by atoms with Gasteiger partial charge in [0.05, 0.1) is 12.4 Å². The summed E-state index contributed by atoms with van der Waals surface area (Å²) in [6.45, 7) is 3.78. The topological polar surface area (TPSA) is 71.6 Å². The van der Waals surface area contributed by atoms with Gasteiger partial charge in [-0.2, -0.15) is 15.5 Å². The van der Waals surface area contributed by atoms with Gasteiger partial charge in [0.25, 0.3) is 5.56 Å². The molecule has 0 saturated heterocycles. The summed E-state index contributed by atoms with van der Waals surface area (Å²) in [5, 5.41) is 16.8. The van der Waals surface area contributed by atoms with Crippen molar-refractivity contribution in [3.05, 3.63) is 45.6 Å². The lowest BCUT2D eigenvalue weighted by atomic mass is 9.96. The number of nitriles is 1. The molecule has 2 rings (SSSR count). The van der Waals surface area contributed by atoms with E-state index in [1.54, 1.807) is 30.9 Å². The van der Waals surface area contributed by atoms with Crippen LogP contribution in [0.3, 0.4) is 0 Å². The highest BCUT2D eigenvalue weighted by molar-refractivity contribution is 5.71. The first kappa shape index (κ1) is 13.0. The van der Waals surface area contributed by atoms with Gasteiger partial charge in [-0.3, -0.25) is 4.79 Å². The van der Waals surface area contributed by atoms with Crippen molar-refractivity contribution in [1.82, 2.24) is 14.8 Å². The van der Waals surface area contributed by atoms with Crippen LogP contribution in [0.1, 0.15) is 23.7 Å². The second kappa shape index (κ2) is 5.02. The second-order valence-corrected chi connectivity index (χ2v) is 4.28. The number of pyridine rings is 1. The molecule has 0 amide bonds. The maximum Gasteiger partial charge on any atom is 0.268 e. The van der Waals surface area contributed by atoms with E-state index in [2.05, 4.69) is 10.2 Å². The molecule has 0 aliphatic heterocycles. The first-order chi connectivity index (χ1) is 9.11. The Morgan fingerprint density at radius 2 is 2.16 bits per heavy atom. The monoisotopic (exact) mass is 254 g/mol. The molecule has 0 unspecified atom stereocenters. The van der Waals surface area contributed by atoms with Crippen molar-refractivity contribution in [2.75, 3.05) is 0 Å². The van der Waals surface area contributed by atoms with Gasteiger partial charge < -0.3 is 4.57 Å². The molecule has 0 spiro atoms. The SMILES string of the molecule is CCc1c(-c2ccnnc2)c(C)c(C#N)c(=O)n1C. The molecule has 0 N–H and O–H groups in total. The summed E-state index contributed by atoms with van der Waals surface area (Å²) < 4.78 is 1.54. The number of hydrogen-bond acceptors (Lipinski definition) is 4. The smallest absolute Gasteiger partial charge is 0.268 e. The lowest BCUT2D eigenvalue weighted by Gasteiger charge is -2.16. The molecular formula is C14H14N4O. The summed E-state index contributed by atoms with van der Waals surface area (Å²) in [7, 11) is 1.69. The Kier molecular flexibility index (Phi) is 3.43. The van der Waals surface area contributed by atoms with Crippen molar-refractivity contribution >= 4 is 0 Å². The van der Waals surface area contributed by atoms with Crippen molar-refractivity contribution in [3.63, 3.8) is 0 Å². The van der Waals surface area contributed by atoms with E-state index in [4.69, 9.17) is 5.26 Å². The fourth-order valence-electron chi connectivity index (χ4n) is 2.33. The van der Waals surface area contributed by atoms with Crippen molar-refractivity contribution in [2.24, 2.45) is 7.05 Å². The van der Waals surface area contributed by atoms with E-state index < -0.39 is 0 Å². The van der Waals surface area contributed by atoms with Gasteiger partial charge in [0.2, 0.25) is 0 Å². The van der Waals surface area contributed by atoms with Crippen molar-refractivity contribution in [2.45, 2.75) is 20.3 Å². The third-order valence-corrected chi connectivity index (χ3v) is 3.28. The van der Waals surface area contributed by atoms with Crippen LogP contribution in [0.5, 0.6) is 0 Å². The molecule has 0 radical (unpaired) electrons. The Labute approximate surface area is 111 Å². The van der Waals surface area contributed by atoms with E-state index in [9.17, 15) is 4.79 Å². The maximum absolute atomic E-state index is 12.1. The van der Waals surface area contributed by atoms with Crippen LogP contribution in [-0.2, 0) is 13.5 Å². The van der Waals surface area contributed by atoms with Gasteiger partial charge >= 0.3 is 0 Å². The van der Waals surface area contributed by atoms with E-state index in [0.29, 0.717) is 12.0 Å². The van der Waals surface area contributed by atoms with E-state index in [0.717, 1.165) is 16.8 Å². The molecule has 0 bridgehead atoms. The molecule has 0 atom stereocenters. The predicted octanol–water partition coefficient (Wildman–Crippen LogP) is 1.58. The van der Waals surface area contributed by atoms with Crippen LogP contribution in [-0.4, -0.2) is 14.8 Å². The minimum absolute atomic E-state index is 0.187. The summed E-state index contributed by atoms with van der Waals surface area (Å²) in [6, 6.07) is 3.83. The molecular weight excluding hydrogens is 240 g/mol. The Balaban J connectivity index is 2.92. The number of hydrogen-bond donors (Lipinski definition) is 0. The number of rotatable bonds is 2. The zero-order chi connectivity index (χ0) is 14.0. The summed E-state index contributed by atoms with van der Waals surface area (Å²) in [5.74, 6) is 0. The van der Waals surface area contributed by atoms with E-state index in [1.807, 2.05) is 19.1 Å². The van der Waals surface area contributed by atoms with Crippen molar-refractivity contribution < 1.29 is 0 Å². The minimum atomic E-state index is -0.248. The first-order valence-electron chi connectivity index (χ1n) is 6.01. The van der Waals surface area contributed by atoms with Crippen molar-refractivity contribution in [3.8, 4) is 17.2 Å². The second-order valence-electron chi connectivity index (χ2n) is 4.28. The van der Waals surface area contributed by atoms with Crippen LogP contribution in [0.25, 0.3) is 11.1 Å². The highest BCUT2D eigenvalue weighted by Gasteiger charge is 2.17. The molecule has 5 nitrogen and oxygen atoms in total. The third kappa shape index (κ3) is 2.02. The average molecular weight is 254 g/mol. The van der Waals surface area contributed by atoms with Crippen LogP contribution in [0.4, 0.5) is 0 Å². The summed E-state index contributed by atoms with van der Waals surface area (Å²) in [6.07, 6.45) is 3.95. The Morgan fingerprint density at radius 1 is 1.42 bits per heavy atom. The average Bonchev–Trinajstić information content (AvgIpc) is 2.44. The van der Waals surface area contributed by atoms with E-state index >= 15 is 0 Å². The Bertz CT molecular complexity index is 707. The molecule has 19 heavy (non-hydrogen) atoms. The van der Waals surface area contributed by atoms with Crippen LogP contribution in [0, 0.1) is 18.3 Å². The van der Waals surface area contributed by atoms with Crippen molar-refractivity contribution in [1.29, 1.82) is 5.26 Å². The highest BCUT2D eigenvalue weighted by Crippen LogP contribution is 2.27. The lowest BCUT2D eigenvalue weighted by molar-refractivity contribution is 0.778. The van der Waals surface area contributed by atoms with Crippen LogP contribution >= 0.6 is 0 Å². The van der Waals surface area contributed by atoms with Gasteiger partial charge in [-0.1, -0.05) is 6.92 Å². The van der Waals surface area contributed by atoms with Crippen LogP contribution in [0.2, 0.25) is 0 Å². The number of aromatic nitrogens is 3. The molecule has 2 heterocycles. The zero-order valence-electron chi connectivity index (χ0n) is 11.1. The summed E-state index contributed by atoms with van der Waals surface area (Å²) in [4.78, 5) is 12.1. The van der Waals surface area contributed by atoms with Crippen LogP contribution in [0.15, 0.2) is 23.3 Å². The predicted molar refractivity (Wildman–Crippen MR) is 71.5 cm³/mol. The zero-order valence-corrected chi connectivity index (χ0v) is 11.1. The van der Waals surface area contributed by atoms with Gasteiger partial charge in [0.1, 0.15) is 11.6 Å². The van der Waals surface area contributed by atoms with E-state index in [-0.39, 0.29) is 11.1 Å². The van der Waals surface area contributed by atoms with Gasteiger partial charge in [0, 0.05) is 23.9 Å². The summed E-state index contributed by atoms with van der Waals surface area (Å²) in [5.41, 5.74) is 3.31. The van der Waals surface area contributed by atoms with Gasteiger partial charge in [-0.05, 0) is 25.0 Å². The van der Waals surface area contributed by atoms with Gasteiger partial charge in [-0.15, -0.1) is 0 Å². The van der Waals surface area contributed by atoms with Gasteiger partial charge in [0.15, 0.2) is 0 Å². The lowest BCUT2D eigenvalue weighted by Crippen LogP contribution is -2.25. The Morgan fingerprint density at radius 3 is 2.68 bits per heavy atom. The molecule has 0 saturated carbocycles. The number of nitrogens with zero attached hydrogens (tertiary/aromatic N) is 4. The third-order valence-electron chi connectivity index (χ3n) is 3.28. The molecule has 0 aromatic carbocycles. The Hall–Kier alpha value is -2.48. The van der Waals surface area contributed by atoms with Gasteiger partial charge in [-0.25, -0.2) is 0 Å². The molecule has 2 aromatic heterocycles. The standard InChI is InChI=1S/C14H14N4O/c1-4-12-13(10-5-6-16-17-8-10)9(2)11(7-15)14(19)18(12)3/h5-6,8H,4H2,1-3H3.